The highest BCUT2D eigenvalue weighted by molar-refractivity contribution is 7.16. The fourth-order valence-electron chi connectivity index (χ4n) is 5.49. The Morgan fingerprint density at radius 3 is 2.50 bits per heavy atom. The molecule has 0 spiro atoms. The van der Waals surface area contributed by atoms with Gasteiger partial charge in [-0.15, -0.1) is 11.3 Å². The molecule has 3 aliphatic rings. The quantitative estimate of drug-likeness (QED) is 0.442. The number of piperazine rings is 1. The van der Waals surface area contributed by atoms with Crippen LogP contribution in [-0.2, 0) is 4.79 Å². The van der Waals surface area contributed by atoms with Crippen LogP contribution in [-0.4, -0.2) is 66.4 Å². The van der Waals surface area contributed by atoms with Gasteiger partial charge in [0.25, 0.3) is 0 Å². The Balaban J connectivity index is 1.45. The zero-order chi connectivity index (χ0) is 23.0. The number of nitrogens with zero attached hydrogens (tertiary/aromatic N) is 2. The first-order valence-electron chi connectivity index (χ1n) is 11.8. The van der Waals surface area contributed by atoms with Gasteiger partial charge >= 0.3 is 0 Å². The molecule has 0 aromatic carbocycles. The second-order valence-corrected chi connectivity index (χ2v) is 11.8. The Morgan fingerprint density at radius 1 is 1.25 bits per heavy atom. The molecule has 1 amide bonds. The number of hydrogen-bond acceptors (Lipinski definition) is 5. The number of carbonyl (C=O) groups excluding carboxylic acids is 1. The maximum atomic E-state index is 13.7. The molecule has 32 heavy (non-hydrogen) atoms. The van der Waals surface area contributed by atoms with Gasteiger partial charge in [0.05, 0.1) is 10.3 Å². The topological polar surface area (TPSA) is 71.5 Å². The van der Waals surface area contributed by atoms with E-state index in [1.807, 2.05) is 24.1 Å². The zero-order valence-electron chi connectivity index (χ0n) is 19.6. The van der Waals surface area contributed by atoms with E-state index in [1.54, 1.807) is 0 Å². The van der Waals surface area contributed by atoms with Gasteiger partial charge in [-0.2, -0.15) is 0 Å². The smallest absolute Gasteiger partial charge is 0.232 e. The van der Waals surface area contributed by atoms with Crippen molar-refractivity contribution in [1.29, 1.82) is 5.41 Å². The Labute approximate surface area is 200 Å². The Kier molecular flexibility index (Phi) is 6.89. The van der Waals surface area contributed by atoms with Gasteiger partial charge in [-0.3, -0.25) is 10.2 Å². The molecule has 0 saturated carbocycles. The highest BCUT2D eigenvalue weighted by atomic mass is 35.5. The number of halogens is 1. The highest BCUT2D eigenvalue weighted by Gasteiger charge is 2.41. The molecular formula is C24H36ClN5OS. The van der Waals surface area contributed by atoms with Gasteiger partial charge in [0.15, 0.2) is 0 Å². The summed E-state index contributed by atoms with van der Waals surface area (Å²) >= 11 is 7.76. The van der Waals surface area contributed by atoms with E-state index in [2.05, 4.69) is 36.3 Å². The van der Waals surface area contributed by atoms with Gasteiger partial charge in [-0.05, 0) is 57.6 Å². The average Bonchev–Trinajstić information content (AvgIpc) is 3.46. The third kappa shape index (κ3) is 4.70. The maximum absolute atomic E-state index is 13.7. The van der Waals surface area contributed by atoms with Crippen LogP contribution in [0.5, 0.6) is 0 Å². The lowest BCUT2D eigenvalue weighted by Gasteiger charge is -2.39. The minimum Gasteiger partial charge on any atom is -0.391 e. The molecule has 0 unspecified atom stereocenters. The van der Waals surface area contributed by atoms with Crippen LogP contribution in [0.15, 0.2) is 23.4 Å². The largest absolute Gasteiger partial charge is 0.391 e. The van der Waals surface area contributed by atoms with Crippen molar-refractivity contribution < 1.29 is 4.79 Å². The number of rotatable bonds is 5. The van der Waals surface area contributed by atoms with Crippen LogP contribution in [0.1, 0.15) is 57.2 Å². The third-order valence-electron chi connectivity index (χ3n) is 7.34. The number of thiophene rings is 1. The first-order chi connectivity index (χ1) is 15.2. The number of carbonyl (C=O) groups is 1. The molecule has 1 aromatic heterocycles. The third-order valence-corrected chi connectivity index (χ3v) is 8.65. The predicted molar refractivity (Wildman–Crippen MR) is 133 cm³/mol. The van der Waals surface area contributed by atoms with Crippen LogP contribution < -0.4 is 10.6 Å². The maximum Gasteiger partial charge on any atom is 0.232 e. The molecule has 6 nitrogen and oxygen atoms in total. The zero-order valence-corrected chi connectivity index (χ0v) is 21.2. The van der Waals surface area contributed by atoms with Crippen LogP contribution >= 0.6 is 22.9 Å². The summed E-state index contributed by atoms with van der Waals surface area (Å²) in [6.07, 6.45) is 4.17. The fraction of sp³-hybridized carbons (Fsp3) is 0.667. The molecule has 0 radical (unpaired) electrons. The number of nitrogens with one attached hydrogen (secondary N) is 3. The lowest BCUT2D eigenvalue weighted by atomic mass is 9.94. The minimum atomic E-state index is -0.200. The van der Waals surface area contributed by atoms with Crippen molar-refractivity contribution in [2.45, 2.75) is 64.0 Å². The molecule has 176 valence electrons. The number of amidine groups is 1. The first-order valence-corrected chi connectivity index (χ1v) is 13.0. The second-order valence-electron chi connectivity index (χ2n) is 10.0. The van der Waals surface area contributed by atoms with E-state index in [0.717, 1.165) is 40.5 Å². The molecule has 1 aromatic rings. The summed E-state index contributed by atoms with van der Waals surface area (Å²) in [6.45, 7) is 9.35. The number of allylic oxidation sites excluding steroid dienone is 1. The van der Waals surface area contributed by atoms with E-state index in [4.69, 9.17) is 17.0 Å². The molecule has 2 aliphatic heterocycles. The van der Waals surface area contributed by atoms with Gasteiger partial charge in [-0.1, -0.05) is 18.5 Å². The summed E-state index contributed by atoms with van der Waals surface area (Å²) in [5.41, 5.74) is 2.40. The van der Waals surface area contributed by atoms with Crippen molar-refractivity contribution in [3.63, 3.8) is 0 Å². The van der Waals surface area contributed by atoms with Crippen LogP contribution in [0.4, 0.5) is 0 Å². The second kappa shape index (κ2) is 9.35. The normalized spacial score (nSPS) is 26.5. The molecule has 3 N–H and O–H groups in total. The monoisotopic (exact) mass is 477 g/mol. The highest BCUT2D eigenvalue weighted by Crippen LogP contribution is 2.38. The molecule has 4 rings (SSSR count). The average molecular weight is 478 g/mol. The van der Waals surface area contributed by atoms with E-state index in [9.17, 15) is 4.79 Å². The van der Waals surface area contributed by atoms with Gasteiger partial charge < -0.3 is 20.4 Å². The fourth-order valence-corrected chi connectivity index (χ4v) is 6.71. The van der Waals surface area contributed by atoms with Gasteiger partial charge in [-0.25, -0.2) is 0 Å². The van der Waals surface area contributed by atoms with Crippen molar-refractivity contribution in [3.8, 4) is 0 Å². The van der Waals surface area contributed by atoms with E-state index in [-0.39, 0.29) is 23.4 Å². The van der Waals surface area contributed by atoms with Crippen molar-refractivity contribution in [2.75, 3.05) is 33.2 Å². The Morgan fingerprint density at radius 2 is 1.94 bits per heavy atom. The van der Waals surface area contributed by atoms with Gasteiger partial charge in [0.2, 0.25) is 5.91 Å². The molecule has 2 saturated heterocycles. The van der Waals surface area contributed by atoms with Crippen LogP contribution in [0.25, 0.3) is 0 Å². The summed E-state index contributed by atoms with van der Waals surface area (Å²) in [5, 5.41) is 15.8. The predicted octanol–water partition coefficient (Wildman–Crippen LogP) is 4.04. The Bertz CT molecular complexity index is 902. The lowest BCUT2D eigenvalue weighted by Crippen LogP contribution is -2.54. The van der Waals surface area contributed by atoms with E-state index >= 15 is 0 Å². The number of amides is 1. The molecule has 8 heteroatoms. The van der Waals surface area contributed by atoms with Crippen molar-refractivity contribution in [1.82, 2.24) is 20.4 Å². The van der Waals surface area contributed by atoms with Gasteiger partial charge in [0, 0.05) is 61.0 Å². The number of hydrogen-bond donors (Lipinski definition) is 3. The summed E-state index contributed by atoms with van der Waals surface area (Å²) in [5.74, 6) is 1.03. The van der Waals surface area contributed by atoms with Crippen LogP contribution in [0.3, 0.4) is 0 Å². The van der Waals surface area contributed by atoms with E-state index in [1.165, 1.54) is 17.0 Å². The molecule has 3 atom stereocenters. The summed E-state index contributed by atoms with van der Waals surface area (Å²) in [7, 11) is 1.95. The lowest BCUT2D eigenvalue weighted by molar-refractivity contribution is -0.134. The Hall–Kier alpha value is -1.57. The van der Waals surface area contributed by atoms with Gasteiger partial charge in [0.1, 0.15) is 5.84 Å². The summed E-state index contributed by atoms with van der Waals surface area (Å²) in [4.78, 5) is 18.9. The first kappa shape index (κ1) is 23.6. The molecular weight excluding hydrogens is 442 g/mol. The summed E-state index contributed by atoms with van der Waals surface area (Å²) in [6, 6.07) is 4.05. The van der Waals surface area contributed by atoms with Crippen LogP contribution in [0.2, 0.25) is 4.34 Å². The standard InChI is InChI=1S/C24H36ClN5OS/c1-15-5-6-16(27-4)20(15)22(26)29-11-13-30(14-12-29)23(31)21(18-7-8-19(25)32-18)17-9-10-24(2,3)28-17/h7-8,15,17,21,26-28H,5-6,9-14H2,1-4H3/t15-,17+,21-/m1/s1. The van der Waals surface area contributed by atoms with Crippen molar-refractivity contribution in [3.05, 3.63) is 32.6 Å². The van der Waals surface area contributed by atoms with E-state index in [0.29, 0.717) is 37.9 Å². The minimum absolute atomic E-state index is 0.0503. The molecule has 2 fully saturated rings. The molecule has 1 aliphatic carbocycles. The molecule has 3 heterocycles. The SMILES string of the molecule is CNC1=C(C(=N)N2CCN(C(=O)[C@@H](c3ccc(Cl)s3)[C@@H]3CCC(C)(C)N3)CC2)[C@H](C)CC1. The summed E-state index contributed by atoms with van der Waals surface area (Å²) < 4.78 is 0.729. The van der Waals surface area contributed by atoms with Crippen LogP contribution in [0, 0.1) is 11.3 Å². The molecule has 0 bridgehead atoms. The van der Waals surface area contributed by atoms with E-state index < -0.39 is 0 Å². The van der Waals surface area contributed by atoms with Crippen molar-refractivity contribution >= 4 is 34.7 Å². The van der Waals surface area contributed by atoms with Crippen molar-refractivity contribution in [2.24, 2.45) is 5.92 Å².